The summed E-state index contributed by atoms with van der Waals surface area (Å²) >= 11 is 0. The zero-order valence-corrected chi connectivity index (χ0v) is 14.7. The molecule has 0 aliphatic heterocycles. The van der Waals surface area contributed by atoms with E-state index in [9.17, 15) is 19.7 Å². The van der Waals surface area contributed by atoms with Crippen molar-refractivity contribution < 1.29 is 19.2 Å². The van der Waals surface area contributed by atoms with Crippen molar-refractivity contribution >= 4 is 23.7 Å². The van der Waals surface area contributed by atoms with Gasteiger partial charge in [0.1, 0.15) is 23.7 Å². The molecule has 0 atom stereocenters. The van der Waals surface area contributed by atoms with Crippen molar-refractivity contribution in [3.05, 3.63) is 51.3 Å². The van der Waals surface area contributed by atoms with Gasteiger partial charge in [-0.1, -0.05) is 0 Å². The third-order valence-electron chi connectivity index (χ3n) is 3.48. The predicted molar refractivity (Wildman–Crippen MR) is 95.2 cm³/mol. The van der Waals surface area contributed by atoms with Crippen LogP contribution in [0.3, 0.4) is 0 Å². The van der Waals surface area contributed by atoms with E-state index in [1.54, 1.807) is 24.3 Å². The lowest BCUT2D eigenvalue weighted by Gasteiger charge is -2.04. The van der Waals surface area contributed by atoms with Gasteiger partial charge in [0.15, 0.2) is 6.61 Å². The van der Waals surface area contributed by atoms with Crippen molar-refractivity contribution in [3.8, 4) is 5.75 Å². The number of carbonyl (C=O) groups excluding carboxylic acids is 2. The van der Waals surface area contributed by atoms with Gasteiger partial charge in [0.05, 0.1) is 11.1 Å². The quantitative estimate of drug-likeness (QED) is 0.388. The number of benzene rings is 1. The van der Waals surface area contributed by atoms with Crippen molar-refractivity contribution in [2.24, 2.45) is 10.8 Å². The Labute approximate surface area is 153 Å². The Hall–Kier alpha value is -3.76. The van der Waals surface area contributed by atoms with Gasteiger partial charge >= 0.3 is 5.69 Å². The molecule has 11 nitrogen and oxygen atoms in total. The van der Waals surface area contributed by atoms with Crippen molar-refractivity contribution in [1.29, 1.82) is 0 Å². The molecule has 1 aromatic carbocycles. The lowest BCUT2D eigenvalue weighted by molar-refractivity contribution is -0.386. The summed E-state index contributed by atoms with van der Waals surface area (Å²) < 4.78 is 6.38. The van der Waals surface area contributed by atoms with Gasteiger partial charge in [0, 0.05) is 0 Å². The van der Waals surface area contributed by atoms with Crippen LogP contribution in [-0.4, -0.2) is 39.3 Å². The Morgan fingerprint density at radius 2 is 2.04 bits per heavy atom. The summed E-state index contributed by atoms with van der Waals surface area (Å²) in [6.07, 6.45) is 1.42. The minimum Gasteiger partial charge on any atom is -0.484 e. The first kappa shape index (κ1) is 19.6. The summed E-state index contributed by atoms with van der Waals surface area (Å²) in [5, 5.41) is 18.8. The first-order valence-electron chi connectivity index (χ1n) is 7.79. The SMILES string of the molecule is Cc1nn(CC(=O)N/N=C/c2ccc(OCC(N)=O)cc2)c(C)c1[N+](=O)[O-]. The minimum absolute atomic E-state index is 0.107. The molecule has 0 aliphatic carbocycles. The fraction of sp³-hybridized carbons (Fsp3) is 0.250. The number of aromatic nitrogens is 2. The van der Waals surface area contributed by atoms with E-state index in [-0.39, 0.29) is 24.5 Å². The van der Waals surface area contributed by atoms with Crippen LogP contribution < -0.4 is 15.9 Å². The van der Waals surface area contributed by atoms with Gasteiger partial charge in [0.25, 0.3) is 11.8 Å². The number of primary amides is 1. The van der Waals surface area contributed by atoms with E-state index in [1.807, 2.05) is 0 Å². The number of rotatable bonds is 8. The summed E-state index contributed by atoms with van der Waals surface area (Å²) in [5.41, 5.74) is 8.43. The van der Waals surface area contributed by atoms with Crippen LogP contribution in [0.25, 0.3) is 0 Å². The van der Waals surface area contributed by atoms with Crippen molar-refractivity contribution in [3.63, 3.8) is 0 Å². The number of aryl methyl sites for hydroxylation is 1. The Morgan fingerprint density at radius 1 is 1.37 bits per heavy atom. The van der Waals surface area contributed by atoms with Crippen molar-refractivity contribution in [2.45, 2.75) is 20.4 Å². The number of hydrazone groups is 1. The molecule has 142 valence electrons. The molecule has 11 heteroatoms. The van der Waals surface area contributed by atoms with Gasteiger partial charge in [0.2, 0.25) is 0 Å². The fourth-order valence-corrected chi connectivity index (χ4v) is 2.26. The Kier molecular flexibility index (Phi) is 6.20. The highest BCUT2D eigenvalue weighted by atomic mass is 16.6. The van der Waals surface area contributed by atoms with Crippen molar-refractivity contribution in [1.82, 2.24) is 15.2 Å². The predicted octanol–water partition coefficient (Wildman–Crippen LogP) is 0.423. The van der Waals surface area contributed by atoms with E-state index in [4.69, 9.17) is 10.5 Å². The van der Waals surface area contributed by atoms with Gasteiger partial charge in [-0.25, -0.2) is 5.43 Å². The maximum atomic E-state index is 11.9. The van der Waals surface area contributed by atoms with Crippen LogP contribution in [0.5, 0.6) is 5.75 Å². The molecule has 1 aromatic heterocycles. The van der Waals surface area contributed by atoms with E-state index in [2.05, 4.69) is 15.6 Å². The summed E-state index contributed by atoms with van der Waals surface area (Å²) in [7, 11) is 0. The summed E-state index contributed by atoms with van der Waals surface area (Å²) in [4.78, 5) is 33.0. The number of nitrogens with two attached hydrogens (primary N) is 1. The number of nitrogens with zero attached hydrogens (tertiary/aromatic N) is 4. The maximum absolute atomic E-state index is 11.9. The molecule has 0 fully saturated rings. The molecule has 2 rings (SSSR count). The van der Waals surface area contributed by atoms with Gasteiger partial charge in [-0.3, -0.25) is 24.4 Å². The van der Waals surface area contributed by atoms with E-state index in [1.165, 1.54) is 24.7 Å². The topological polar surface area (TPSA) is 155 Å². The number of nitro groups is 1. The highest BCUT2D eigenvalue weighted by Gasteiger charge is 2.22. The average molecular weight is 374 g/mol. The summed E-state index contributed by atoms with van der Waals surface area (Å²) in [5.74, 6) is -0.578. The van der Waals surface area contributed by atoms with Gasteiger partial charge < -0.3 is 10.5 Å². The Bertz CT molecular complexity index is 887. The Balaban J connectivity index is 1.91. The molecule has 0 bridgehead atoms. The molecule has 0 spiro atoms. The molecule has 3 N–H and O–H groups in total. The van der Waals surface area contributed by atoms with Crippen LogP contribution in [-0.2, 0) is 16.1 Å². The van der Waals surface area contributed by atoms with E-state index < -0.39 is 16.7 Å². The number of hydrogen-bond donors (Lipinski definition) is 2. The summed E-state index contributed by atoms with van der Waals surface area (Å²) in [6, 6.07) is 6.61. The zero-order valence-electron chi connectivity index (χ0n) is 14.7. The molecular formula is C16H18N6O5. The van der Waals surface area contributed by atoms with Crippen LogP contribution in [0, 0.1) is 24.0 Å². The molecule has 1 heterocycles. The first-order valence-corrected chi connectivity index (χ1v) is 7.79. The minimum atomic E-state index is -0.573. The lowest BCUT2D eigenvalue weighted by Crippen LogP contribution is -2.24. The fourth-order valence-electron chi connectivity index (χ4n) is 2.26. The molecule has 27 heavy (non-hydrogen) atoms. The maximum Gasteiger partial charge on any atom is 0.312 e. The second-order valence-corrected chi connectivity index (χ2v) is 5.55. The molecule has 2 aromatic rings. The highest BCUT2D eigenvalue weighted by molar-refractivity contribution is 5.82. The molecular weight excluding hydrogens is 356 g/mol. The lowest BCUT2D eigenvalue weighted by atomic mass is 10.2. The van der Waals surface area contributed by atoms with Crippen LogP contribution >= 0.6 is 0 Å². The third kappa shape index (κ3) is 5.36. The second kappa shape index (κ2) is 8.56. The molecule has 0 saturated heterocycles. The van der Waals surface area contributed by atoms with Crippen LogP contribution in [0.1, 0.15) is 17.0 Å². The molecule has 0 radical (unpaired) electrons. The van der Waals surface area contributed by atoms with Crippen LogP contribution in [0.15, 0.2) is 29.4 Å². The third-order valence-corrected chi connectivity index (χ3v) is 3.48. The smallest absolute Gasteiger partial charge is 0.312 e. The van der Waals surface area contributed by atoms with E-state index in [0.717, 1.165) is 0 Å². The molecule has 0 aliphatic rings. The summed E-state index contributed by atoms with van der Waals surface area (Å²) in [6.45, 7) is 2.62. The number of amides is 2. The van der Waals surface area contributed by atoms with Crippen LogP contribution in [0.2, 0.25) is 0 Å². The van der Waals surface area contributed by atoms with E-state index >= 15 is 0 Å². The number of carbonyl (C=O) groups is 2. The number of hydrogen-bond acceptors (Lipinski definition) is 7. The molecule has 2 amide bonds. The van der Waals surface area contributed by atoms with Gasteiger partial charge in [-0.2, -0.15) is 10.2 Å². The molecule has 0 saturated carbocycles. The largest absolute Gasteiger partial charge is 0.484 e. The highest BCUT2D eigenvalue weighted by Crippen LogP contribution is 2.21. The van der Waals surface area contributed by atoms with Gasteiger partial charge in [-0.15, -0.1) is 0 Å². The number of ether oxygens (including phenoxy) is 1. The first-order chi connectivity index (χ1) is 12.8. The number of nitrogens with one attached hydrogen (secondary N) is 1. The normalized spacial score (nSPS) is 10.7. The van der Waals surface area contributed by atoms with E-state index in [0.29, 0.717) is 17.0 Å². The standard InChI is InChI=1S/C16H18N6O5/c1-10-16(22(25)26)11(2)21(20-10)8-15(24)19-18-7-12-3-5-13(6-4-12)27-9-14(17)23/h3-7H,8-9H2,1-2H3,(H2,17,23)(H,19,24)/b18-7+. The Morgan fingerprint density at radius 3 is 2.59 bits per heavy atom. The molecule has 0 unspecified atom stereocenters. The zero-order chi connectivity index (χ0) is 20.0. The average Bonchev–Trinajstić information content (AvgIpc) is 2.87. The van der Waals surface area contributed by atoms with Crippen LogP contribution in [0.4, 0.5) is 5.69 Å². The van der Waals surface area contributed by atoms with Gasteiger partial charge in [-0.05, 0) is 43.7 Å². The van der Waals surface area contributed by atoms with Crippen molar-refractivity contribution in [2.75, 3.05) is 6.61 Å². The second-order valence-electron chi connectivity index (χ2n) is 5.55. The monoisotopic (exact) mass is 374 g/mol.